The Morgan fingerprint density at radius 1 is 1.33 bits per heavy atom. The molecule has 0 aliphatic rings. The normalized spacial score (nSPS) is 14.7. The summed E-state index contributed by atoms with van der Waals surface area (Å²) >= 11 is 0. The van der Waals surface area contributed by atoms with Gasteiger partial charge in [-0.1, -0.05) is 12.1 Å². The van der Waals surface area contributed by atoms with E-state index in [1.165, 1.54) is 6.07 Å². The van der Waals surface area contributed by atoms with Gasteiger partial charge in [-0.05, 0) is 32.4 Å². The Morgan fingerprint density at radius 2 is 2.00 bits per heavy atom. The van der Waals surface area contributed by atoms with Gasteiger partial charge >= 0.3 is 0 Å². The summed E-state index contributed by atoms with van der Waals surface area (Å²) in [5, 5.41) is 3.13. The highest BCUT2D eigenvalue weighted by molar-refractivity contribution is 5.52. The highest BCUT2D eigenvalue weighted by Crippen LogP contribution is 2.20. The minimum Gasteiger partial charge on any atom is -0.380 e. The van der Waals surface area contributed by atoms with E-state index in [1.54, 1.807) is 13.2 Å². The summed E-state index contributed by atoms with van der Waals surface area (Å²) in [6.07, 6.45) is 0.0454. The van der Waals surface area contributed by atoms with Crippen molar-refractivity contribution in [3.8, 4) is 0 Å². The van der Waals surface area contributed by atoms with Gasteiger partial charge < -0.3 is 10.1 Å². The van der Waals surface area contributed by atoms with Gasteiger partial charge in [0.25, 0.3) is 0 Å². The zero-order valence-corrected chi connectivity index (χ0v) is 9.67. The van der Waals surface area contributed by atoms with E-state index in [9.17, 15) is 4.39 Å². The molecule has 0 saturated heterocycles. The van der Waals surface area contributed by atoms with Crippen LogP contribution in [0.4, 0.5) is 10.1 Å². The zero-order chi connectivity index (χ0) is 11.4. The van der Waals surface area contributed by atoms with E-state index < -0.39 is 0 Å². The SMILES string of the molecule is COC(C)C(C)Nc1c(C)cccc1F. The van der Waals surface area contributed by atoms with Crippen molar-refractivity contribution in [1.29, 1.82) is 0 Å². The van der Waals surface area contributed by atoms with Crippen molar-refractivity contribution in [3.05, 3.63) is 29.6 Å². The lowest BCUT2D eigenvalue weighted by Gasteiger charge is -2.22. The second-order valence-electron chi connectivity index (χ2n) is 3.81. The molecule has 0 heterocycles. The van der Waals surface area contributed by atoms with Crippen LogP contribution in [0.1, 0.15) is 19.4 Å². The molecule has 1 rings (SSSR count). The van der Waals surface area contributed by atoms with E-state index in [1.807, 2.05) is 26.8 Å². The molecule has 1 aromatic rings. The number of methoxy groups -OCH3 is 1. The summed E-state index contributed by atoms with van der Waals surface area (Å²) in [6, 6.07) is 5.13. The lowest BCUT2D eigenvalue weighted by molar-refractivity contribution is 0.106. The first-order valence-corrected chi connectivity index (χ1v) is 5.10. The number of anilines is 1. The Hall–Kier alpha value is -1.09. The van der Waals surface area contributed by atoms with Crippen LogP contribution in [0.25, 0.3) is 0 Å². The Labute approximate surface area is 90.4 Å². The zero-order valence-electron chi connectivity index (χ0n) is 9.67. The quantitative estimate of drug-likeness (QED) is 0.826. The molecule has 3 heteroatoms. The minimum absolute atomic E-state index is 0.0454. The van der Waals surface area contributed by atoms with E-state index in [0.717, 1.165) is 5.56 Å². The van der Waals surface area contributed by atoms with Crippen LogP contribution in [0.5, 0.6) is 0 Å². The number of benzene rings is 1. The average molecular weight is 211 g/mol. The fraction of sp³-hybridized carbons (Fsp3) is 0.500. The molecule has 0 radical (unpaired) electrons. The summed E-state index contributed by atoms with van der Waals surface area (Å²) in [5.41, 5.74) is 1.47. The molecule has 1 N–H and O–H groups in total. The third-order valence-corrected chi connectivity index (χ3v) is 2.67. The van der Waals surface area contributed by atoms with Crippen LogP contribution in [0, 0.1) is 12.7 Å². The third kappa shape index (κ3) is 2.93. The van der Waals surface area contributed by atoms with Crippen LogP contribution < -0.4 is 5.32 Å². The molecule has 0 bridgehead atoms. The third-order valence-electron chi connectivity index (χ3n) is 2.67. The second kappa shape index (κ2) is 5.12. The standard InChI is InChI=1S/C12H18FNO/c1-8-6-5-7-11(13)12(8)14-9(2)10(3)15-4/h5-7,9-10,14H,1-4H3. The number of ether oxygens (including phenoxy) is 1. The van der Waals surface area contributed by atoms with Crippen molar-refractivity contribution in [2.45, 2.75) is 32.9 Å². The van der Waals surface area contributed by atoms with Crippen LogP contribution in [0.3, 0.4) is 0 Å². The molecule has 0 aliphatic carbocycles. The first-order valence-electron chi connectivity index (χ1n) is 5.10. The van der Waals surface area contributed by atoms with Gasteiger partial charge in [-0.15, -0.1) is 0 Å². The topological polar surface area (TPSA) is 21.3 Å². The first kappa shape index (κ1) is 12.0. The number of nitrogens with one attached hydrogen (secondary N) is 1. The fourth-order valence-corrected chi connectivity index (χ4v) is 1.36. The molecule has 2 unspecified atom stereocenters. The molecular weight excluding hydrogens is 193 g/mol. The number of hydrogen-bond donors (Lipinski definition) is 1. The van der Waals surface area contributed by atoms with Crippen molar-refractivity contribution >= 4 is 5.69 Å². The smallest absolute Gasteiger partial charge is 0.146 e. The van der Waals surface area contributed by atoms with E-state index >= 15 is 0 Å². The summed E-state index contributed by atoms with van der Waals surface area (Å²) in [5.74, 6) is -0.217. The van der Waals surface area contributed by atoms with Crippen LogP contribution in [-0.2, 0) is 4.74 Å². The van der Waals surface area contributed by atoms with E-state index in [-0.39, 0.29) is 18.0 Å². The van der Waals surface area contributed by atoms with Gasteiger partial charge in [0, 0.05) is 13.2 Å². The Bertz CT molecular complexity index is 307. The predicted octanol–water partition coefficient (Wildman–Crippen LogP) is 2.97. The van der Waals surface area contributed by atoms with Crippen molar-refractivity contribution in [1.82, 2.24) is 0 Å². The van der Waals surface area contributed by atoms with Gasteiger partial charge in [0.2, 0.25) is 0 Å². The molecule has 84 valence electrons. The predicted molar refractivity (Wildman–Crippen MR) is 60.7 cm³/mol. The number of para-hydroxylation sites is 1. The summed E-state index contributed by atoms with van der Waals surface area (Å²) in [6.45, 7) is 5.81. The van der Waals surface area contributed by atoms with Crippen LogP contribution in [0.15, 0.2) is 18.2 Å². The monoisotopic (exact) mass is 211 g/mol. The fourth-order valence-electron chi connectivity index (χ4n) is 1.36. The number of rotatable bonds is 4. The van der Waals surface area contributed by atoms with Crippen LogP contribution in [-0.4, -0.2) is 19.3 Å². The van der Waals surface area contributed by atoms with Gasteiger partial charge in [0.15, 0.2) is 0 Å². The summed E-state index contributed by atoms with van der Waals surface area (Å²) in [7, 11) is 1.65. The maximum Gasteiger partial charge on any atom is 0.146 e. The second-order valence-corrected chi connectivity index (χ2v) is 3.81. The van der Waals surface area contributed by atoms with Crippen molar-refractivity contribution in [3.63, 3.8) is 0 Å². The van der Waals surface area contributed by atoms with Crippen LogP contribution in [0.2, 0.25) is 0 Å². The molecule has 0 aromatic heterocycles. The number of aryl methyl sites for hydroxylation is 1. The van der Waals surface area contributed by atoms with E-state index in [0.29, 0.717) is 5.69 Å². The molecule has 0 amide bonds. The molecule has 15 heavy (non-hydrogen) atoms. The lowest BCUT2D eigenvalue weighted by atomic mass is 10.1. The summed E-state index contributed by atoms with van der Waals surface area (Å²) in [4.78, 5) is 0. The minimum atomic E-state index is -0.217. The van der Waals surface area contributed by atoms with Gasteiger partial charge in [0.1, 0.15) is 5.82 Å². The van der Waals surface area contributed by atoms with Gasteiger partial charge in [-0.3, -0.25) is 0 Å². The maximum absolute atomic E-state index is 13.5. The largest absolute Gasteiger partial charge is 0.380 e. The highest BCUT2D eigenvalue weighted by Gasteiger charge is 2.13. The molecule has 2 atom stereocenters. The van der Waals surface area contributed by atoms with Gasteiger partial charge in [-0.25, -0.2) is 4.39 Å². The van der Waals surface area contributed by atoms with Crippen LogP contribution >= 0.6 is 0 Å². The lowest BCUT2D eigenvalue weighted by Crippen LogP contribution is -2.30. The molecule has 0 aliphatic heterocycles. The molecule has 1 aromatic carbocycles. The Kier molecular flexibility index (Phi) is 4.09. The van der Waals surface area contributed by atoms with Gasteiger partial charge in [0.05, 0.1) is 11.8 Å². The van der Waals surface area contributed by atoms with Crippen molar-refractivity contribution < 1.29 is 9.13 Å². The molecular formula is C12H18FNO. The van der Waals surface area contributed by atoms with Crippen molar-refractivity contribution in [2.75, 3.05) is 12.4 Å². The molecule has 0 spiro atoms. The molecule has 0 fully saturated rings. The molecule has 2 nitrogen and oxygen atoms in total. The average Bonchev–Trinajstić information content (AvgIpc) is 2.22. The van der Waals surface area contributed by atoms with E-state index in [4.69, 9.17) is 4.74 Å². The highest BCUT2D eigenvalue weighted by atomic mass is 19.1. The van der Waals surface area contributed by atoms with Crippen molar-refractivity contribution in [2.24, 2.45) is 0 Å². The number of hydrogen-bond acceptors (Lipinski definition) is 2. The van der Waals surface area contributed by atoms with Gasteiger partial charge in [-0.2, -0.15) is 0 Å². The Balaban J connectivity index is 2.80. The first-order chi connectivity index (χ1) is 7.06. The Morgan fingerprint density at radius 3 is 2.53 bits per heavy atom. The number of halogens is 1. The van der Waals surface area contributed by atoms with E-state index in [2.05, 4.69) is 5.32 Å². The maximum atomic E-state index is 13.5. The molecule has 0 saturated carbocycles. The summed E-state index contributed by atoms with van der Waals surface area (Å²) < 4.78 is 18.7.